The van der Waals surface area contributed by atoms with E-state index in [1.54, 1.807) is 0 Å². The zero-order valence-corrected chi connectivity index (χ0v) is 12.8. The number of nitrogens with one attached hydrogen (secondary N) is 1. The number of aliphatic hydroxyl groups is 1. The zero-order chi connectivity index (χ0) is 14.5. The monoisotopic (exact) mass is 271 g/mol. The van der Waals surface area contributed by atoms with Crippen molar-refractivity contribution in [1.82, 2.24) is 5.32 Å². The van der Waals surface area contributed by atoms with Gasteiger partial charge >= 0.3 is 5.97 Å². The SMILES string of the molecule is CC(CC(=O)OC(C)(C)C)NCC1(O)CCCCC1. The molecule has 1 aliphatic rings. The summed E-state index contributed by atoms with van der Waals surface area (Å²) >= 11 is 0. The van der Waals surface area contributed by atoms with Gasteiger partial charge in [-0.1, -0.05) is 19.3 Å². The van der Waals surface area contributed by atoms with Crippen LogP contribution >= 0.6 is 0 Å². The molecule has 1 unspecified atom stereocenters. The van der Waals surface area contributed by atoms with E-state index in [0.29, 0.717) is 13.0 Å². The second-order valence-electron chi connectivity index (χ2n) is 6.86. The summed E-state index contributed by atoms with van der Waals surface area (Å²) in [7, 11) is 0. The molecule has 0 spiro atoms. The number of hydrogen-bond acceptors (Lipinski definition) is 4. The molecule has 2 N–H and O–H groups in total. The molecule has 1 aliphatic carbocycles. The highest BCUT2D eigenvalue weighted by Gasteiger charge is 2.29. The van der Waals surface area contributed by atoms with E-state index in [2.05, 4.69) is 5.32 Å². The third kappa shape index (κ3) is 6.92. The Balaban J connectivity index is 2.27. The van der Waals surface area contributed by atoms with Gasteiger partial charge in [0.05, 0.1) is 12.0 Å². The molecule has 112 valence electrons. The molecule has 0 saturated heterocycles. The molecule has 1 atom stereocenters. The summed E-state index contributed by atoms with van der Waals surface area (Å²) in [5.74, 6) is -0.192. The van der Waals surface area contributed by atoms with Crippen LogP contribution in [0, 0.1) is 0 Å². The largest absolute Gasteiger partial charge is 0.460 e. The Morgan fingerprint density at radius 1 is 1.32 bits per heavy atom. The van der Waals surface area contributed by atoms with Crippen LogP contribution < -0.4 is 5.32 Å². The first-order valence-corrected chi connectivity index (χ1v) is 7.38. The van der Waals surface area contributed by atoms with Crippen LogP contribution in [-0.4, -0.2) is 34.9 Å². The van der Waals surface area contributed by atoms with Gasteiger partial charge in [0.1, 0.15) is 5.60 Å². The van der Waals surface area contributed by atoms with Crippen molar-refractivity contribution < 1.29 is 14.6 Å². The fourth-order valence-electron chi connectivity index (χ4n) is 2.46. The van der Waals surface area contributed by atoms with E-state index < -0.39 is 11.2 Å². The summed E-state index contributed by atoms with van der Waals surface area (Å²) in [5, 5.41) is 13.6. The average Bonchev–Trinajstić information content (AvgIpc) is 2.25. The van der Waals surface area contributed by atoms with Crippen LogP contribution in [0.15, 0.2) is 0 Å². The maximum Gasteiger partial charge on any atom is 0.307 e. The lowest BCUT2D eigenvalue weighted by molar-refractivity contribution is -0.155. The van der Waals surface area contributed by atoms with Gasteiger partial charge in [0.15, 0.2) is 0 Å². The van der Waals surface area contributed by atoms with Gasteiger partial charge in [0.2, 0.25) is 0 Å². The first-order chi connectivity index (χ1) is 8.70. The molecule has 1 fully saturated rings. The van der Waals surface area contributed by atoms with E-state index in [0.717, 1.165) is 25.7 Å². The Bertz CT molecular complexity index is 290. The lowest BCUT2D eigenvalue weighted by Crippen LogP contribution is -2.45. The number of hydrogen-bond donors (Lipinski definition) is 2. The Morgan fingerprint density at radius 2 is 1.89 bits per heavy atom. The van der Waals surface area contributed by atoms with Gasteiger partial charge in [-0.25, -0.2) is 0 Å². The predicted octanol–water partition coefficient (Wildman–Crippen LogP) is 2.39. The summed E-state index contributed by atoms with van der Waals surface area (Å²) in [5.41, 5.74) is -1.02. The van der Waals surface area contributed by atoms with Crippen molar-refractivity contribution >= 4 is 5.97 Å². The van der Waals surface area contributed by atoms with Crippen LogP contribution in [0.3, 0.4) is 0 Å². The van der Waals surface area contributed by atoms with Gasteiger partial charge in [0.25, 0.3) is 0 Å². The van der Waals surface area contributed by atoms with Gasteiger partial charge in [-0.15, -0.1) is 0 Å². The smallest absolute Gasteiger partial charge is 0.307 e. The molecule has 0 radical (unpaired) electrons. The Kier molecular flexibility index (Phi) is 5.81. The molecule has 0 amide bonds. The molecule has 0 aromatic rings. The summed E-state index contributed by atoms with van der Waals surface area (Å²) in [4.78, 5) is 11.7. The van der Waals surface area contributed by atoms with Crippen LogP contribution in [0.2, 0.25) is 0 Å². The fraction of sp³-hybridized carbons (Fsp3) is 0.933. The van der Waals surface area contributed by atoms with Crippen molar-refractivity contribution in [3.05, 3.63) is 0 Å². The maximum absolute atomic E-state index is 11.7. The van der Waals surface area contributed by atoms with Crippen molar-refractivity contribution in [2.24, 2.45) is 0 Å². The second-order valence-corrected chi connectivity index (χ2v) is 6.86. The third-order valence-corrected chi connectivity index (χ3v) is 3.46. The molecule has 0 bridgehead atoms. The average molecular weight is 271 g/mol. The minimum atomic E-state index is -0.583. The molecule has 0 aliphatic heterocycles. The van der Waals surface area contributed by atoms with E-state index >= 15 is 0 Å². The highest BCUT2D eigenvalue weighted by Crippen LogP contribution is 2.27. The minimum Gasteiger partial charge on any atom is -0.460 e. The van der Waals surface area contributed by atoms with Crippen molar-refractivity contribution in [2.75, 3.05) is 6.54 Å². The first kappa shape index (κ1) is 16.4. The van der Waals surface area contributed by atoms with Gasteiger partial charge in [0, 0.05) is 12.6 Å². The summed E-state index contributed by atoms with van der Waals surface area (Å²) in [6.45, 7) is 8.13. The summed E-state index contributed by atoms with van der Waals surface area (Å²) in [6, 6.07) is 0.0285. The molecule has 4 heteroatoms. The first-order valence-electron chi connectivity index (χ1n) is 7.38. The van der Waals surface area contributed by atoms with Gasteiger partial charge in [-0.2, -0.15) is 0 Å². The third-order valence-electron chi connectivity index (χ3n) is 3.46. The quantitative estimate of drug-likeness (QED) is 0.754. The van der Waals surface area contributed by atoms with E-state index in [1.165, 1.54) is 6.42 Å². The zero-order valence-electron chi connectivity index (χ0n) is 12.8. The lowest BCUT2D eigenvalue weighted by Gasteiger charge is -2.33. The molecule has 0 heterocycles. The van der Waals surface area contributed by atoms with Crippen molar-refractivity contribution in [2.45, 2.75) is 83.5 Å². The van der Waals surface area contributed by atoms with Crippen LogP contribution in [0.1, 0.15) is 66.2 Å². The lowest BCUT2D eigenvalue weighted by atomic mass is 9.85. The standard InChI is InChI=1S/C15H29NO3/c1-12(10-13(17)19-14(2,3)4)16-11-15(18)8-6-5-7-9-15/h12,16,18H,5-11H2,1-4H3. The highest BCUT2D eigenvalue weighted by molar-refractivity contribution is 5.70. The van der Waals surface area contributed by atoms with Gasteiger partial charge in [-0.05, 0) is 40.5 Å². The highest BCUT2D eigenvalue weighted by atomic mass is 16.6. The summed E-state index contributed by atoms with van der Waals surface area (Å²) in [6.07, 6.45) is 5.47. The molecule has 0 aromatic carbocycles. The Labute approximate surface area is 116 Å². The molecule has 1 rings (SSSR count). The number of carbonyl (C=O) groups excluding carboxylic acids is 1. The van der Waals surface area contributed by atoms with E-state index in [1.807, 2.05) is 27.7 Å². The molecule has 0 aromatic heterocycles. The fourth-order valence-corrected chi connectivity index (χ4v) is 2.46. The maximum atomic E-state index is 11.7. The molecular weight excluding hydrogens is 242 g/mol. The van der Waals surface area contributed by atoms with Crippen LogP contribution in [0.5, 0.6) is 0 Å². The van der Waals surface area contributed by atoms with Gasteiger partial charge in [-0.3, -0.25) is 4.79 Å². The van der Waals surface area contributed by atoms with Crippen molar-refractivity contribution in [3.8, 4) is 0 Å². The Hall–Kier alpha value is -0.610. The second kappa shape index (κ2) is 6.71. The van der Waals surface area contributed by atoms with Crippen LogP contribution in [-0.2, 0) is 9.53 Å². The minimum absolute atomic E-state index is 0.0285. The number of ether oxygens (including phenoxy) is 1. The van der Waals surface area contributed by atoms with E-state index in [4.69, 9.17) is 4.74 Å². The molecule has 19 heavy (non-hydrogen) atoms. The predicted molar refractivity (Wildman–Crippen MR) is 76.0 cm³/mol. The topological polar surface area (TPSA) is 58.6 Å². The van der Waals surface area contributed by atoms with Crippen molar-refractivity contribution in [1.29, 1.82) is 0 Å². The normalized spacial score (nSPS) is 20.9. The van der Waals surface area contributed by atoms with Gasteiger partial charge < -0.3 is 15.2 Å². The number of carbonyl (C=O) groups is 1. The number of esters is 1. The van der Waals surface area contributed by atoms with Crippen molar-refractivity contribution in [3.63, 3.8) is 0 Å². The van der Waals surface area contributed by atoms with Crippen LogP contribution in [0.25, 0.3) is 0 Å². The molecular formula is C15H29NO3. The van der Waals surface area contributed by atoms with Crippen LogP contribution in [0.4, 0.5) is 0 Å². The summed E-state index contributed by atoms with van der Waals surface area (Å²) < 4.78 is 5.28. The molecule has 4 nitrogen and oxygen atoms in total. The van der Waals surface area contributed by atoms with E-state index in [-0.39, 0.29) is 12.0 Å². The molecule has 1 saturated carbocycles. The van der Waals surface area contributed by atoms with E-state index in [9.17, 15) is 9.90 Å². The number of rotatable bonds is 5. The Morgan fingerprint density at radius 3 is 2.42 bits per heavy atom.